The zero-order valence-corrected chi connectivity index (χ0v) is 16.2. The quantitative estimate of drug-likeness (QED) is 0.647. The van der Waals surface area contributed by atoms with Crippen LogP contribution in [-0.2, 0) is 12.8 Å². The van der Waals surface area contributed by atoms with Gasteiger partial charge in [0, 0.05) is 36.3 Å². The summed E-state index contributed by atoms with van der Waals surface area (Å²) in [6.07, 6.45) is 9.72. The molecule has 146 valence electrons. The summed E-state index contributed by atoms with van der Waals surface area (Å²) in [4.78, 5) is 11.7. The van der Waals surface area contributed by atoms with Crippen molar-refractivity contribution in [2.45, 2.75) is 50.9 Å². The van der Waals surface area contributed by atoms with Gasteiger partial charge in [-0.1, -0.05) is 6.42 Å². The average Bonchev–Trinajstić information content (AvgIpc) is 3.01. The Morgan fingerprint density at radius 1 is 1.00 bits per heavy atom. The molecule has 0 unspecified atom stereocenters. The molecule has 0 bridgehead atoms. The zero-order valence-electron chi connectivity index (χ0n) is 16.2. The second kappa shape index (κ2) is 7.33. The first kappa shape index (κ1) is 17.3. The molecule has 3 aromatic rings. The van der Waals surface area contributed by atoms with E-state index in [1.807, 2.05) is 16.6 Å². The number of aryl methyl sites for hydroxylation is 1. The lowest BCUT2D eigenvalue weighted by molar-refractivity contribution is 0.386. The molecular weight excluding hydrogens is 354 g/mol. The molecule has 2 aliphatic rings. The van der Waals surface area contributed by atoms with Gasteiger partial charge in [0.1, 0.15) is 12.1 Å². The number of nitrogens with zero attached hydrogens (tertiary/aromatic N) is 7. The first-order valence-corrected chi connectivity index (χ1v) is 10.2. The van der Waals surface area contributed by atoms with Crippen LogP contribution in [-0.4, -0.2) is 50.0 Å². The number of rotatable bonds is 3. The maximum Gasteiger partial charge on any atom is 0.231 e. The van der Waals surface area contributed by atoms with Crippen molar-refractivity contribution in [3.8, 4) is 5.88 Å². The number of aromatic nitrogens is 6. The second-order valence-electron chi connectivity index (χ2n) is 7.65. The average molecular weight is 379 g/mol. The minimum Gasteiger partial charge on any atom is -0.480 e. The summed E-state index contributed by atoms with van der Waals surface area (Å²) in [6.45, 7) is 1.93. The molecule has 0 amide bonds. The van der Waals surface area contributed by atoms with Gasteiger partial charge in [0.05, 0.1) is 7.11 Å². The third-order valence-corrected chi connectivity index (χ3v) is 5.98. The van der Waals surface area contributed by atoms with Gasteiger partial charge < -0.3 is 9.64 Å². The number of hydrogen-bond acceptors (Lipinski definition) is 7. The Labute approximate surface area is 164 Å². The van der Waals surface area contributed by atoms with Crippen LogP contribution in [0.1, 0.15) is 55.1 Å². The fourth-order valence-electron chi connectivity index (χ4n) is 4.45. The number of ether oxygens (including phenoxy) is 1. The number of methoxy groups -OCH3 is 1. The van der Waals surface area contributed by atoms with E-state index in [-0.39, 0.29) is 0 Å². The predicted molar refractivity (Wildman–Crippen MR) is 105 cm³/mol. The Morgan fingerprint density at radius 3 is 2.71 bits per heavy atom. The van der Waals surface area contributed by atoms with Crippen molar-refractivity contribution in [2.75, 3.05) is 25.1 Å². The summed E-state index contributed by atoms with van der Waals surface area (Å²) in [6, 6.07) is 3.71. The van der Waals surface area contributed by atoms with Crippen molar-refractivity contribution >= 4 is 11.5 Å². The van der Waals surface area contributed by atoms with Crippen molar-refractivity contribution in [1.82, 2.24) is 29.8 Å². The van der Waals surface area contributed by atoms with Gasteiger partial charge in [-0.25, -0.2) is 9.97 Å². The van der Waals surface area contributed by atoms with Gasteiger partial charge >= 0.3 is 0 Å². The molecule has 5 rings (SSSR count). The lowest BCUT2D eigenvalue weighted by atomic mass is 9.95. The molecule has 1 saturated heterocycles. The predicted octanol–water partition coefficient (Wildman–Crippen LogP) is 2.58. The third kappa shape index (κ3) is 3.06. The van der Waals surface area contributed by atoms with Gasteiger partial charge in [0.25, 0.3) is 0 Å². The van der Waals surface area contributed by atoms with E-state index in [9.17, 15) is 0 Å². The van der Waals surface area contributed by atoms with Gasteiger partial charge in [-0.2, -0.15) is 4.52 Å². The molecule has 1 aliphatic heterocycles. The van der Waals surface area contributed by atoms with E-state index >= 15 is 0 Å². The second-order valence-corrected chi connectivity index (χ2v) is 7.65. The van der Waals surface area contributed by atoms with Crippen LogP contribution in [0.4, 0.5) is 5.82 Å². The van der Waals surface area contributed by atoms with Gasteiger partial charge in [0.15, 0.2) is 11.5 Å². The van der Waals surface area contributed by atoms with Gasteiger partial charge in [0.2, 0.25) is 5.88 Å². The summed E-state index contributed by atoms with van der Waals surface area (Å²) < 4.78 is 7.09. The van der Waals surface area contributed by atoms with E-state index in [1.54, 1.807) is 13.4 Å². The highest BCUT2D eigenvalue weighted by Gasteiger charge is 2.28. The minimum absolute atomic E-state index is 0.339. The number of piperidine rings is 1. The Bertz CT molecular complexity index is 978. The molecule has 3 aromatic heterocycles. The Kier molecular flexibility index (Phi) is 4.54. The summed E-state index contributed by atoms with van der Waals surface area (Å²) in [5.74, 6) is 2.99. The molecule has 0 radical (unpaired) electrons. The van der Waals surface area contributed by atoms with Crippen molar-refractivity contribution < 1.29 is 4.74 Å². The molecule has 0 saturated carbocycles. The summed E-state index contributed by atoms with van der Waals surface area (Å²) in [5.41, 5.74) is 3.39. The molecule has 8 heteroatoms. The maximum absolute atomic E-state index is 5.26. The Hall–Kier alpha value is -2.77. The first-order valence-electron chi connectivity index (χ1n) is 10.2. The van der Waals surface area contributed by atoms with Crippen LogP contribution >= 0.6 is 0 Å². The van der Waals surface area contributed by atoms with Crippen molar-refractivity contribution in [1.29, 1.82) is 0 Å². The standard InChI is InChI=1S/C20H25N7O/c1-28-18-8-7-17-23-24-19(27(17)25-18)14-9-11-26(12-10-14)20-15-5-3-2-4-6-16(15)21-13-22-20/h7-8,13-14H,2-6,9-12H2,1H3. The van der Waals surface area contributed by atoms with Gasteiger partial charge in [-0.15, -0.1) is 15.3 Å². The minimum atomic E-state index is 0.339. The lowest BCUT2D eigenvalue weighted by Crippen LogP contribution is -2.35. The van der Waals surface area contributed by atoms with Crippen LogP contribution in [0.15, 0.2) is 18.5 Å². The molecule has 0 atom stereocenters. The molecule has 4 heterocycles. The number of anilines is 1. The SMILES string of the molecule is COc1ccc2nnc(C3CCN(c4ncnc5c4CCCCC5)CC3)n2n1. The van der Waals surface area contributed by atoms with Crippen LogP contribution in [0.2, 0.25) is 0 Å². The molecule has 1 fully saturated rings. The first-order chi connectivity index (χ1) is 13.8. The molecular formula is C20H25N7O. The fourth-order valence-corrected chi connectivity index (χ4v) is 4.45. The van der Waals surface area contributed by atoms with E-state index in [2.05, 4.69) is 30.2 Å². The monoisotopic (exact) mass is 379 g/mol. The van der Waals surface area contributed by atoms with Crippen LogP contribution in [0.25, 0.3) is 5.65 Å². The zero-order chi connectivity index (χ0) is 18.9. The summed E-state index contributed by atoms with van der Waals surface area (Å²) >= 11 is 0. The third-order valence-electron chi connectivity index (χ3n) is 5.98. The number of hydrogen-bond donors (Lipinski definition) is 0. The lowest BCUT2D eigenvalue weighted by Gasteiger charge is -2.33. The van der Waals surface area contributed by atoms with Crippen molar-refractivity contribution in [3.05, 3.63) is 35.5 Å². The van der Waals surface area contributed by atoms with Crippen molar-refractivity contribution in [3.63, 3.8) is 0 Å². The maximum atomic E-state index is 5.26. The fraction of sp³-hybridized carbons (Fsp3) is 0.550. The molecule has 0 spiro atoms. The van der Waals surface area contributed by atoms with E-state index in [0.717, 1.165) is 56.1 Å². The molecule has 1 aliphatic carbocycles. The Balaban J connectivity index is 1.36. The topological polar surface area (TPSA) is 81.3 Å². The van der Waals surface area contributed by atoms with E-state index in [4.69, 9.17) is 4.74 Å². The summed E-state index contributed by atoms with van der Waals surface area (Å²) in [7, 11) is 1.63. The molecule has 0 aromatic carbocycles. The largest absolute Gasteiger partial charge is 0.480 e. The van der Waals surface area contributed by atoms with E-state index < -0.39 is 0 Å². The Morgan fingerprint density at radius 2 is 1.86 bits per heavy atom. The van der Waals surface area contributed by atoms with E-state index in [1.165, 1.54) is 30.5 Å². The molecule has 8 nitrogen and oxygen atoms in total. The molecule has 28 heavy (non-hydrogen) atoms. The van der Waals surface area contributed by atoms with Crippen LogP contribution in [0, 0.1) is 0 Å². The highest BCUT2D eigenvalue weighted by molar-refractivity contribution is 5.49. The van der Waals surface area contributed by atoms with Gasteiger partial charge in [-0.05, 0) is 44.6 Å². The van der Waals surface area contributed by atoms with Crippen LogP contribution in [0.5, 0.6) is 5.88 Å². The number of fused-ring (bicyclic) bond motifs is 2. The van der Waals surface area contributed by atoms with Crippen LogP contribution < -0.4 is 9.64 Å². The normalized spacial score (nSPS) is 18.1. The van der Waals surface area contributed by atoms with Crippen molar-refractivity contribution in [2.24, 2.45) is 0 Å². The molecule has 0 N–H and O–H groups in total. The van der Waals surface area contributed by atoms with E-state index in [0.29, 0.717) is 11.8 Å². The van der Waals surface area contributed by atoms with Crippen LogP contribution in [0.3, 0.4) is 0 Å². The highest BCUT2D eigenvalue weighted by atomic mass is 16.5. The smallest absolute Gasteiger partial charge is 0.231 e. The van der Waals surface area contributed by atoms with Gasteiger partial charge in [-0.3, -0.25) is 0 Å². The highest BCUT2D eigenvalue weighted by Crippen LogP contribution is 2.32. The summed E-state index contributed by atoms with van der Waals surface area (Å²) in [5, 5.41) is 13.2.